The second kappa shape index (κ2) is 8.84. The van der Waals surface area contributed by atoms with Crippen molar-refractivity contribution in [2.24, 2.45) is 0 Å². The van der Waals surface area contributed by atoms with E-state index in [4.69, 9.17) is 15.2 Å². The number of pyridine rings is 1. The number of hydrogen-bond donors (Lipinski definition) is 1. The molecule has 0 radical (unpaired) electrons. The molecule has 5 heteroatoms. The van der Waals surface area contributed by atoms with Crippen LogP contribution in [-0.2, 0) is 19.4 Å². The van der Waals surface area contributed by atoms with Gasteiger partial charge in [0, 0.05) is 11.3 Å². The number of rotatable bonds is 5. The summed E-state index contributed by atoms with van der Waals surface area (Å²) in [5, 5.41) is 12.2. The van der Waals surface area contributed by atoms with Crippen molar-refractivity contribution < 1.29 is 9.47 Å². The van der Waals surface area contributed by atoms with Gasteiger partial charge in [0.05, 0.1) is 7.11 Å². The van der Waals surface area contributed by atoms with Crippen LogP contribution < -0.4 is 15.2 Å². The highest BCUT2D eigenvalue weighted by atomic mass is 16.5. The minimum atomic E-state index is 0.295. The summed E-state index contributed by atoms with van der Waals surface area (Å²) in [6, 6.07) is 22.6. The van der Waals surface area contributed by atoms with Crippen molar-refractivity contribution >= 4 is 16.6 Å². The first-order valence-corrected chi connectivity index (χ1v) is 11.2. The third-order valence-corrected chi connectivity index (χ3v) is 6.33. The lowest BCUT2D eigenvalue weighted by molar-refractivity contribution is 0.286. The summed E-state index contributed by atoms with van der Waals surface area (Å²) in [5.41, 5.74) is 11.6. The van der Waals surface area contributed by atoms with Crippen LogP contribution in [0.15, 0.2) is 60.7 Å². The zero-order chi connectivity index (χ0) is 22.8. The van der Waals surface area contributed by atoms with Gasteiger partial charge in [-0.2, -0.15) is 5.26 Å². The van der Waals surface area contributed by atoms with Gasteiger partial charge in [-0.3, -0.25) is 0 Å². The van der Waals surface area contributed by atoms with Gasteiger partial charge in [0.15, 0.2) is 11.5 Å². The maximum atomic E-state index is 9.81. The van der Waals surface area contributed by atoms with Crippen molar-refractivity contribution in [2.45, 2.75) is 32.3 Å². The number of ether oxygens (including phenoxy) is 2. The Hall–Kier alpha value is -4.04. The molecule has 0 bridgehead atoms. The maximum Gasteiger partial charge on any atom is 0.161 e. The van der Waals surface area contributed by atoms with E-state index in [1.807, 2.05) is 36.4 Å². The van der Waals surface area contributed by atoms with Gasteiger partial charge in [-0.25, -0.2) is 4.98 Å². The Kier molecular flexibility index (Phi) is 5.58. The van der Waals surface area contributed by atoms with Crippen molar-refractivity contribution in [3.05, 3.63) is 83.0 Å². The predicted octanol–water partition coefficient (Wildman–Crippen LogP) is 5.82. The molecule has 3 aromatic carbocycles. The highest BCUT2D eigenvalue weighted by molar-refractivity contribution is 5.85. The van der Waals surface area contributed by atoms with E-state index in [9.17, 15) is 5.26 Å². The minimum absolute atomic E-state index is 0.295. The van der Waals surface area contributed by atoms with Gasteiger partial charge in [0.2, 0.25) is 0 Å². The van der Waals surface area contributed by atoms with Gasteiger partial charge in [-0.15, -0.1) is 0 Å². The number of benzene rings is 3. The fraction of sp³-hybridized carbons (Fsp3) is 0.214. The Balaban J connectivity index is 1.51. The Bertz CT molecular complexity index is 1380. The fourth-order valence-corrected chi connectivity index (χ4v) is 4.71. The Morgan fingerprint density at radius 2 is 1.82 bits per heavy atom. The highest BCUT2D eigenvalue weighted by Gasteiger charge is 2.23. The zero-order valence-corrected chi connectivity index (χ0v) is 18.6. The molecule has 2 N–H and O–H groups in total. The van der Waals surface area contributed by atoms with E-state index >= 15 is 0 Å². The molecule has 1 aromatic heterocycles. The summed E-state index contributed by atoms with van der Waals surface area (Å²) >= 11 is 0. The first-order chi connectivity index (χ1) is 16.2. The highest BCUT2D eigenvalue weighted by Crippen LogP contribution is 2.39. The van der Waals surface area contributed by atoms with E-state index in [2.05, 4.69) is 35.3 Å². The number of methoxy groups -OCH3 is 1. The van der Waals surface area contributed by atoms with E-state index in [-0.39, 0.29) is 0 Å². The third-order valence-electron chi connectivity index (χ3n) is 6.33. The molecule has 5 nitrogen and oxygen atoms in total. The number of nitrogens with zero attached hydrogens (tertiary/aromatic N) is 2. The summed E-state index contributed by atoms with van der Waals surface area (Å²) in [5.74, 6) is 1.57. The molecule has 0 atom stereocenters. The number of fused-ring (bicyclic) bond motifs is 2. The SMILES string of the molecule is COc1cc(-c2c(C#N)c(N)nc3c2CCCC3)ccc1OCc1cccc2ccccc12. The van der Waals surface area contributed by atoms with E-state index < -0.39 is 0 Å². The zero-order valence-electron chi connectivity index (χ0n) is 18.6. The van der Waals surface area contributed by atoms with Gasteiger partial charge in [0.25, 0.3) is 0 Å². The lowest BCUT2D eigenvalue weighted by Crippen LogP contribution is -2.12. The van der Waals surface area contributed by atoms with Crippen LogP contribution in [0, 0.1) is 11.3 Å². The number of nitrogens with two attached hydrogens (primary N) is 1. The van der Waals surface area contributed by atoms with Crippen LogP contribution in [0.5, 0.6) is 11.5 Å². The molecule has 0 saturated carbocycles. The monoisotopic (exact) mass is 435 g/mol. The fourth-order valence-electron chi connectivity index (χ4n) is 4.71. The van der Waals surface area contributed by atoms with Crippen LogP contribution in [0.1, 0.15) is 35.2 Å². The van der Waals surface area contributed by atoms with Crippen molar-refractivity contribution in [2.75, 3.05) is 12.8 Å². The van der Waals surface area contributed by atoms with Gasteiger partial charge in [-0.1, -0.05) is 48.5 Å². The third kappa shape index (κ3) is 3.85. The lowest BCUT2D eigenvalue weighted by Gasteiger charge is -2.21. The Morgan fingerprint density at radius 3 is 2.67 bits per heavy atom. The number of nitriles is 1. The number of aryl methyl sites for hydroxylation is 1. The quantitative estimate of drug-likeness (QED) is 0.427. The Labute approximate surface area is 193 Å². The predicted molar refractivity (Wildman–Crippen MR) is 130 cm³/mol. The number of nitrogen functional groups attached to an aromatic ring is 1. The van der Waals surface area contributed by atoms with Crippen molar-refractivity contribution in [1.29, 1.82) is 5.26 Å². The van der Waals surface area contributed by atoms with Gasteiger partial charge >= 0.3 is 0 Å². The van der Waals surface area contributed by atoms with E-state index in [1.54, 1.807) is 7.11 Å². The molecule has 1 heterocycles. The molecule has 0 amide bonds. The lowest BCUT2D eigenvalue weighted by atomic mass is 9.86. The molecule has 4 aromatic rings. The van der Waals surface area contributed by atoms with Crippen LogP contribution >= 0.6 is 0 Å². The molecule has 164 valence electrons. The smallest absolute Gasteiger partial charge is 0.161 e. The molecule has 0 spiro atoms. The standard InChI is InChI=1S/C28H25N3O2/c1-32-26-15-19(27-22-11-4-5-12-24(22)31-28(30)23(27)16-29)13-14-25(26)33-17-20-9-6-8-18-7-2-3-10-21(18)20/h2-3,6-10,13-15H,4-5,11-12,17H2,1H3,(H2,30,31). The normalized spacial score (nSPS) is 12.7. The summed E-state index contributed by atoms with van der Waals surface area (Å²) < 4.78 is 11.9. The molecule has 0 aliphatic heterocycles. The van der Waals surface area contributed by atoms with Crippen LogP contribution in [0.25, 0.3) is 21.9 Å². The average molecular weight is 436 g/mol. The number of aromatic nitrogens is 1. The van der Waals surface area contributed by atoms with Crippen LogP contribution in [0.2, 0.25) is 0 Å². The molecule has 0 fully saturated rings. The summed E-state index contributed by atoms with van der Waals surface area (Å²) in [6.45, 7) is 0.429. The van der Waals surface area contributed by atoms with E-state index in [0.29, 0.717) is 29.5 Å². The number of anilines is 1. The van der Waals surface area contributed by atoms with Crippen LogP contribution in [-0.4, -0.2) is 12.1 Å². The molecular formula is C28H25N3O2. The second-order valence-electron chi connectivity index (χ2n) is 8.28. The second-order valence-corrected chi connectivity index (χ2v) is 8.28. The molecule has 33 heavy (non-hydrogen) atoms. The first kappa shape index (κ1) is 20.8. The minimum Gasteiger partial charge on any atom is -0.493 e. The molecule has 1 aliphatic rings. The van der Waals surface area contributed by atoms with Crippen LogP contribution in [0.3, 0.4) is 0 Å². The van der Waals surface area contributed by atoms with Crippen molar-refractivity contribution in [3.63, 3.8) is 0 Å². The van der Waals surface area contributed by atoms with E-state index in [1.165, 1.54) is 10.8 Å². The topological polar surface area (TPSA) is 81.2 Å². The average Bonchev–Trinajstić information content (AvgIpc) is 2.86. The molecule has 0 unspecified atom stereocenters. The largest absolute Gasteiger partial charge is 0.493 e. The van der Waals surface area contributed by atoms with E-state index in [0.717, 1.165) is 53.6 Å². The molecule has 5 rings (SSSR count). The van der Waals surface area contributed by atoms with Gasteiger partial charge < -0.3 is 15.2 Å². The summed E-state index contributed by atoms with van der Waals surface area (Å²) in [7, 11) is 1.63. The summed E-state index contributed by atoms with van der Waals surface area (Å²) in [4.78, 5) is 4.52. The summed E-state index contributed by atoms with van der Waals surface area (Å²) in [6.07, 6.45) is 3.96. The molecule has 0 saturated heterocycles. The van der Waals surface area contributed by atoms with Gasteiger partial charge in [0.1, 0.15) is 24.1 Å². The van der Waals surface area contributed by atoms with Crippen molar-refractivity contribution in [3.8, 4) is 28.7 Å². The molecule has 1 aliphatic carbocycles. The van der Waals surface area contributed by atoms with Gasteiger partial charge in [-0.05, 0) is 65.3 Å². The maximum absolute atomic E-state index is 9.81. The first-order valence-electron chi connectivity index (χ1n) is 11.2. The Morgan fingerprint density at radius 1 is 1.00 bits per heavy atom. The molecular weight excluding hydrogens is 410 g/mol. The van der Waals surface area contributed by atoms with Crippen LogP contribution in [0.4, 0.5) is 5.82 Å². The number of hydrogen-bond acceptors (Lipinski definition) is 5. The van der Waals surface area contributed by atoms with Crippen molar-refractivity contribution in [1.82, 2.24) is 4.98 Å².